The van der Waals surface area contributed by atoms with Crippen molar-refractivity contribution in [2.45, 2.75) is 6.92 Å². The summed E-state index contributed by atoms with van der Waals surface area (Å²) in [7, 11) is 5.82. The lowest BCUT2D eigenvalue weighted by atomic mass is 10.0. The molecular formula is C22H24FN7O. The maximum absolute atomic E-state index is 14.0. The molecule has 0 unspecified atom stereocenters. The van der Waals surface area contributed by atoms with Crippen LogP contribution in [-0.2, 0) is 7.05 Å². The van der Waals surface area contributed by atoms with Crippen molar-refractivity contribution < 1.29 is 9.13 Å². The van der Waals surface area contributed by atoms with E-state index in [4.69, 9.17) is 4.74 Å². The second kappa shape index (κ2) is 8.65. The van der Waals surface area contributed by atoms with Crippen LogP contribution < -0.4 is 4.74 Å². The molecule has 0 aliphatic heterocycles. The Bertz CT molecular complexity index is 1200. The van der Waals surface area contributed by atoms with Crippen LogP contribution >= 0.6 is 0 Å². The molecule has 0 fully saturated rings. The normalized spacial score (nSPS) is 11.3. The van der Waals surface area contributed by atoms with Crippen LogP contribution in [0.1, 0.15) is 5.69 Å². The summed E-state index contributed by atoms with van der Waals surface area (Å²) in [6.45, 7) is 3.07. The highest BCUT2D eigenvalue weighted by atomic mass is 19.1. The molecule has 31 heavy (non-hydrogen) atoms. The predicted octanol–water partition coefficient (Wildman–Crippen LogP) is 3.32. The fourth-order valence-electron chi connectivity index (χ4n) is 3.34. The van der Waals surface area contributed by atoms with E-state index in [-0.39, 0.29) is 5.82 Å². The third kappa shape index (κ3) is 4.31. The van der Waals surface area contributed by atoms with Crippen molar-refractivity contribution in [3.8, 4) is 39.7 Å². The summed E-state index contributed by atoms with van der Waals surface area (Å²) >= 11 is 0. The Morgan fingerprint density at radius 1 is 1.13 bits per heavy atom. The summed E-state index contributed by atoms with van der Waals surface area (Å²) in [6, 6.07) is 8.35. The molecule has 1 N–H and O–H groups in total. The molecule has 0 spiro atoms. The summed E-state index contributed by atoms with van der Waals surface area (Å²) in [5, 5.41) is 10.9. The zero-order valence-electron chi connectivity index (χ0n) is 17.9. The van der Waals surface area contributed by atoms with E-state index >= 15 is 0 Å². The smallest absolute Gasteiger partial charge is 0.131 e. The van der Waals surface area contributed by atoms with Crippen LogP contribution in [0.5, 0.6) is 5.75 Å². The Morgan fingerprint density at radius 2 is 1.97 bits per heavy atom. The highest BCUT2D eigenvalue weighted by Crippen LogP contribution is 2.37. The number of imidazole rings is 1. The van der Waals surface area contributed by atoms with Gasteiger partial charge in [0.15, 0.2) is 0 Å². The van der Waals surface area contributed by atoms with E-state index in [1.807, 2.05) is 49.7 Å². The van der Waals surface area contributed by atoms with E-state index in [2.05, 4.69) is 25.4 Å². The second-order valence-electron chi connectivity index (χ2n) is 7.56. The number of nitrogens with one attached hydrogen (secondary N) is 1. The van der Waals surface area contributed by atoms with E-state index < -0.39 is 0 Å². The molecule has 4 rings (SSSR count). The van der Waals surface area contributed by atoms with Gasteiger partial charge in [-0.15, -0.1) is 5.10 Å². The number of aryl methyl sites for hydroxylation is 2. The number of pyridine rings is 1. The number of aromatic amines is 1. The summed E-state index contributed by atoms with van der Waals surface area (Å²) in [5.41, 5.74) is 5.41. The predicted molar refractivity (Wildman–Crippen MR) is 116 cm³/mol. The minimum absolute atomic E-state index is 0.353. The number of aromatic nitrogens is 6. The maximum Gasteiger partial charge on any atom is 0.131 e. The molecule has 8 nitrogen and oxygen atoms in total. The zero-order chi connectivity index (χ0) is 22.0. The Balaban J connectivity index is 1.77. The summed E-state index contributed by atoms with van der Waals surface area (Å²) < 4.78 is 21.8. The lowest BCUT2D eigenvalue weighted by Crippen LogP contribution is -2.19. The first kappa shape index (κ1) is 20.7. The van der Waals surface area contributed by atoms with Crippen LogP contribution in [0.2, 0.25) is 0 Å². The average molecular weight is 421 g/mol. The molecule has 0 saturated heterocycles. The second-order valence-corrected chi connectivity index (χ2v) is 7.56. The number of ether oxygens (including phenoxy) is 1. The van der Waals surface area contributed by atoms with E-state index in [9.17, 15) is 4.39 Å². The number of benzene rings is 1. The molecule has 9 heteroatoms. The van der Waals surface area contributed by atoms with Gasteiger partial charge in [0.2, 0.25) is 0 Å². The lowest BCUT2D eigenvalue weighted by molar-refractivity contribution is 0.261. The van der Waals surface area contributed by atoms with Gasteiger partial charge in [0.25, 0.3) is 0 Å². The zero-order valence-corrected chi connectivity index (χ0v) is 17.9. The van der Waals surface area contributed by atoms with Crippen molar-refractivity contribution in [3.05, 3.63) is 54.4 Å². The number of hydrogen-bond acceptors (Lipinski definition) is 6. The van der Waals surface area contributed by atoms with Gasteiger partial charge in [-0.25, -0.2) is 9.37 Å². The van der Waals surface area contributed by atoms with E-state index in [1.165, 1.54) is 12.1 Å². The van der Waals surface area contributed by atoms with Crippen molar-refractivity contribution in [2.75, 3.05) is 27.2 Å². The number of H-pyrrole nitrogens is 1. The fraction of sp³-hybridized carbons (Fsp3) is 0.273. The van der Waals surface area contributed by atoms with Crippen LogP contribution in [0.3, 0.4) is 0 Å². The first-order valence-corrected chi connectivity index (χ1v) is 9.87. The molecule has 4 aromatic rings. The molecule has 0 radical (unpaired) electrons. The maximum atomic E-state index is 14.0. The molecule has 0 aliphatic carbocycles. The van der Waals surface area contributed by atoms with Gasteiger partial charge < -0.3 is 14.2 Å². The third-order valence-corrected chi connectivity index (χ3v) is 4.93. The van der Waals surface area contributed by atoms with Gasteiger partial charge in [-0.1, -0.05) is 5.21 Å². The van der Waals surface area contributed by atoms with E-state index in [0.29, 0.717) is 23.7 Å². The van der Waals surface area contributed by atoms with Gasteiger partial charge >= 0.3 is 0 Å². The number of nitrogens with zero attached hydrogens (tertiary/aromatic N) is 6. The summed E-state index contributed by atoms with van der Waals surface area (Å²) in [4.78, 5) is 11.1. The highest BCUT2D eigenvalue weighted by Gasteiger charge is 2.20. The van der Waals surface area contributed by atoms with Crippen molar-refractivity contribution in [3.63, 3.8) is 0 Å². The van der Waals surface area contributed by atoms with Crippen molar-refractivity contribution >= 4 is 0 Å². The van der Waals surface area contributed by atoms with Crippen molar-refractivity contribution in [1.82, 2.24) is 34.8 Å². The quantitative estimate of drug-likeness (QED) is 0.493. The third-order valence-electron chi connectivity index (χ3n) is 4.93. The van der Waals surface area contributed by atoms with Crippen molar-refractivity contribution in [1.29, 1.82) is 0 Å². The molecule has 1 aromatic carbocycles. The number of halogens is 1. The topological polar surface area (TPSA) is 84.8 Å². The molecule has 0 amide bonds. The average Bonchev–Trinajstić information content (AvgIpc) is 3.34. The standard InChI is InChI=1S/C22H24FN7O/c1-14-20(27-28-26-14)15-7-8-24-18(11-15)21-22(30(4)13-25-21)17-6-5-16(23)12-19(17)31-10-9-29(2)3/h5-8,11-13H,9-10H2,1-4H3,(H,26,27,28). The van der Waals surface area contributed by atoms with Crippen LogP contribution in [0.4, 0.5) is 4.39 Å². The Morgan fingerprint density at radius 3 is 2.71 bits per heavy atom. The molecule has 160 valence electrons. The Hall–Kier alpha value is -3.59. The van der Waals surface area contributed by atoms with Crippen LogP contribution in [0.25, 0.3) is 33.9 Å². The highest BCUT2D eigenvalue weighted by molar-refractivity contribution is 5.81. The van der Waals surface area contributed by atoms with Gasteiger partial charge in [-0.2, -0.15) is 0 Å². The van der Waals surface area contributed by atoms with E-state index in [1.54, 1.807) is 18.6 Å². The molecule has 0 aliphatic rings. The molecular weight excluding hydrogens is 397 g/mol. The van der Waals surface area contributed by atoms with Gasteiger partial charge in [0, 0.05) is 37.0 Å². The van der Waals surface area contributed by atoms with Crippen LogP contribution in [-0.4, -0.2) is 62.1 Å². The SMILES string of the molecule is Cc1[nH]nnc1-c1ccnc(-c2ncn(C)c2-c2ccc(F)cc2OCCN(C)C)c1. The summed E-state index contributed by atoms with van der Waals surface area (Å²) in [5.74, 6) is 0.115. The largest absolute Gasteiger partial charge is 0.491 e. The van der Waals surface area contributed by atoms with Crippen LogP contribution in [0, 0.1) is 12.7 Å². The molecule has 0 saturated carbocycles. The first-order chi connectivity index (χ1) is 14.9. The molecule has 0 bridgehead atoms. The fourth-order valence-corrected chi connectivity index (χ4v) is 3.34. The Kier molecular flexibility index (Phi) is 5.77. The molecule has 0 atom stereocenters. The lowest BCUT2D eigenvalue weighted by Gasteiger charge is -2.15. The number of rotatable bonds is 7. The van der Waals surface area contributed by atoms with Crippen LogP contribution in [0.15, 0.2) is 42.9 Å². The minimum atomic E-state index is -0.353. The van der Waals surface area contributed by atoms with Gasteiger partial charge in [0.05, 0.1) is 23.4 Å². The van der Waals surface area contributed by atoms with Crippen molar-refractivity contribution in [2.24, 2.45) is 7.05 Å². The van der Waals surface area contributed by atoms with E-state index in [0.717, 1.165) is 34.8 Å². The first-order valence-electron chi connectivity index (χ1n) is 9.87. The Labute approximate surface area is 179 Å². The van der Waals surface area contributed by atoms with Gasteiger partial charge in [0.1, 0.15) is 29.6 Å². The molecule has 3 heterocycles. The number of hydrogen-bond donors (Lipinski definition) is 1. The summed E-state index contributed by atoms with van der Waals surface area (Å²) in [6.07, 6.45) is 3.43. The van der Waals surface area contributed by atoms with Gasteiger partial charge in [-0.3, -0.25) is 10.1 Å². The molecule has 3 aromatic heterocycles. The monoisotopic (exact) mass is 421 g/mol. The van der Waals surface area contributed by atoms with Gasteiger partial charge in [-0.05, 0) is 45.3 Å². The minimum Gasteiger partial charge on any atom is -0.491 e. The number of likely N-dealkylation sites (N-methyl/N-ethyl adjacent to an activating group) is 1.